The zero-order valence-electron chi connectivity index (χ0n) is 23.9. The predicted molar refractivity (Wildman–Crippen MR) is 182 cm³/mol. The number of urea groups is 1. The Morgan fingerprint density at radius 1 is 0.804 bits per heavy atom. The molecule has 0 atom stereocenters. The van der Waals surface area contributed by atoms with Crippen LogP contribution in [-0.4, -0.2) is 24.5 Å². The summed E-state index contributed by atoms with van der Waals surface area (Å²) in [5.41, 5.74) is 1.96. The maximum Gasteiger partial charge on any atom is 0.335 e. The molecule has 1 aliphatic heterocycles. The molecule has 8 nitrogen and oxygen atoms in total. The number of hydrogen-bond acceptors (Lipinski definition) is 6. The molecule has 0 saturated carbocycles. The number of rotatable bonds is 10. The van der Waals surface area contributed by atoms with Crippen LogP contribution in [0.2, 0.25) is 20.1 Å². The van der Waals surface area contributed by atoms with Crippen LogP contribution in [0.1, 0.15) is 23.6 Å². The van der Waals surface area contributed by atoms with E-state index in [0.717, 1.165) is 16.0 Å². The Hall–Kier alpha value is -3.73. The molecule has 5 rings (SSSR count). The second kappa shape index (κ2) is 14.8. The van der Waals surface area contributed by atoms with Gasteiger partial charge in [0.25, 0.3) is 11.8 Å². The predicted octanol–water partition coefficient (Wildman–Crippen LogP) is 9.29. The first-order valence-electron chi connectivity index (χ1n) is 13.7. The van der Waals surface area contributed by atoms with Crippen LogP contribution in [0.3, 0.4) is 0 Å². The number of hydrogen-bond donors (Lipinski definition) is 1. The van der Waals surface area contributed by atoms with E-state index in [2.05, 4.69) is 21.2 Å². The van der Waals surface area contributed by atoms with Gasteiger partial charge in [0.05, 0.1) is 26.8 Å². The molecular weight excluding hydrogens is 742 g/mol. The monoisotopic (exact) mass is 762 g/mol. The molecule has 46 heavy (non-hydrogen) atoms. The van der Waals surface area contributed by atoms with Crippen molar-refractivity contribution in [1.82, 2.24) is 5.32 Å². The van der Waals surface area contributed by atoms with Crippen molar-refractivity contribution in [3.05, 3.63) is 120 Å². The topological polar surface area (TPSA) is 94.2 Å². The minimum atomic E-state index is -0.879. The highest BCUT2D eigenvalue weighted by atomic mass is 79.9. The summed E-state index contributed by atoms with van der Waals surface area (Å²) < 4.78 is 18.1. The molecule has 0 aromatic heterocycles. The lowest BCUT2D eigenvalue weighted by atomic mass is 10.1. The van der Waals surface area contributed by atoms with Crippen LogP contribution in [0.25, 0.3) is 6.08 Å². The molecule has 4 aromatic carbocycles. The molecule has 0 radical (unpaired) electrons. The van der Waals surface area contributed by atoms with Crippen LogP contribution in [0, 0.1) is 0 Å². The van der Waals surface area contributed by atoms with Crippen LogP contribution >= 0.6 is 62.3 Å². The van der Waals surface area contributed by atoms with Crippen molar-refractivity contribution in [3.63, 3.8) is 0 Å². The largest absolute Gasteiger partial charge is 0.490 e. The lowest BCUT2D eigenvalue weighted by molar-refractivity contribution is -0.122. The highest BCUT2D eigenvalue weighted by molar-refractivity contribution is 9.10. The molecule has 4 aromatic rings. The minimum absolute atomic E-state index is 0.173. The van der Waals surface area contributed by atoms with Gasteiger partial charge in [-0.3, -0.25) is 14.9 Å². The maximum atomic E-state index is 13.5. The molecule has 1 N–H and O–H groups in total. The molecule has 13 heteroatoms. The zero-order chi connectivity index (χ0) is 33.0. The van der Waals surface area contributed by atoms with Gasteiger partial charge in [-0.05, 0) is 101 Å². The third-order valence-corrected chi connectivity index (χ3v) is 8.53. The molecule has 1 fully saturated rings. The number of carbonyl (C=O) groups excluding carboxylic acids is 3. The lowest BCUT2D eigenvalue weighted by Gasteiger charge is -2.26. The second-order valence-electron chi connectivity index (χ2n) is 9.78. The van der Waals surface area contributed by atoms with Crippen LogP contribution < -0.4 is 24.4 Å². The molecule has 0 spiro atoms. The number of nitrogens with zero attached hydrogens (tertiary/aromatic N) is 1. The molecule has 1 saturated heterocycles. The van der Waals surface area contributed by atoms with Crippen molar-refractivity contribution in [2.75, 3.05) is 11.5 Å². The van der Waals surface area contributed by atoms with Crippen molar-refractivity contribution >= 4 is 91.9 Å². The van der Waals surface area contributed by atoms with Crippen molar-refractivity contribution in [1.29, 1.82) is 0 Å². The zero-order valence-corrected chi connectivity index (χ0v) is 28.5. The molecule has 236 valence electrons. The van der Waals surface area contributed by atoms with Gasteiger partial charge in [0, 0.05) is 15.6 Å². The van der Waals surface area contributed by atoms with E-state index in [0.29, 0.717) is 54.0 Å². The molecule has 0 aliphatic carbocycles. The Morgan fingerprint density at radius 3 is 2.26 bits per heavy atom. The van der Waals surface area contributed by atoms with E-state index in [1.807, 2.05) is 6.92 Å². The summed E-state index contributed by atoms with van der Waals surface area (Å²) in [6, 6.07) is 18.9. The Balaban J connectivity index is 1.35. The average molecular weight is 765 g/mol. The SMILES string of the molecule is CCOc1cc(/C=C2\C(=O)NC(=O)N(c3ccc(OCc4ccc(Cl)cc4Cl)cc3)C2=O)cc(Br)c1OCc1ccc(Cl)c(Cl)c1. The number of halogens is 5. The number of carbonyl (C=O) groups is 3. The van der Waals surface area contributed by atoms with Crippen molar-refractivity contribution in [3.8, 4) is 17.2 Å². The number of barbiturate groups is 1. The summed E-state index contributed by atoms with van der Waals surface area (Å²) in [6.45, 7) is 2.49. The quantitative estimate of drug-likeness (QED) is 0.128. The van der Waals surface area contributed by atoms with Crippen molar-refractivity contribution in [2.24, 2.45) is 0 Å². The third-order valence-electron chi connectivity index (χ3n) is 6.62. The summed E-state index contributed by atoms with van der Waals surface area (Å²) in [5, 5.41) is 4.04. The normalized spacial score (nSPS) is 14.0. The fraction of sp³-hybridized carbons (Fsp3) is 0.121. The van der Waals surface area contributed by atoms with Gasteiger partial charge in [0.2, 0.25) is 0 Å². The Morgan fingerprint density at radius 2 is 1.57 bits per heavy atom. The molecule has 1 aliphatic rings. The van der Waals surface area contributed by atoms with Gasteiger partial charge in [0.1, 0.15) is 24.5 Å². The van der Waals surface area contributed by atoms with Gasteiger partial charge < -0.3 is 14.2 Å². The Bertz CT molecular complexity index is 1870. The molecule has 0 bridgehead atoms. The first-order chi connectivity index (χ1) is 22.0. The summed E-state index contributed by atoms with van der Waals surface area (Å²) in [4.78, 5) is 40.0. The molecule has 1 heterocycles. The highest BCUT2D eigenvalue weighted by Crippen LogP contribution is 2.39. The Labute approximate surface area is 292 Å². The van der Waals surface area contributed by atoms with Gasteiger partial charge in [-0.15, -0.1) is 0 Å². The van der Waals surface area contributed by atoms with E-state index in [9.17, 15) is 14.4 Å². The lowest BCUT2D eigenvalue weighted by Crippen LogP contribution is -2.54. The smallest absolute Gasteiger partial charge is 0.335 e. The number of imide groups is 2. The minimum Gasteiger partial charge on any atom is -0.490 e. The first-order valence-corrected chi connectivity index (χ1v) is 16.0. The van der Waals surface area contributed by atoms with E-state index in [1.54, 1.807) is 60.7 Å². The number of nitrogens with one attached hydrogen (secondary N) is 1. The number of ether oxygens (including phenoxy) is 3. The van der Waals surface area contributed by atoms with E-state index >= 15 is 0 Å². The van der Waals surface area contributed by atoms with Crippen LogP contribution in [-0.2, 0) is 22.8 Å². The Kier molecular flexibility index (Phi) is 10.8. The fourth-order valence-electron chi connectivity index (χ4n) is 4.41. The average Bonchev–Trinajstić information content (AvgIpc) is 3.01. The van der Waals surface area contributed by atoms with Gasteiger partial charge in [-0.25, -0.2) is 9.69 Å². The van der Waals surface area contributed by atoms with E-state index in [1.165, 1.54) is 18.2 Å². The summed E-state index contributed by atoms with van der Waals surface area (Å²) in [7, 11) is 0. The van der Waals surface area contributed by atoms with Gasteiger partial charge in [0.15, 0.2) is 11.5 Å². The molecular formula is C33H23BrCl4N2O6. The molecule has 4 amide bonds. The van der Waals surface area contributed by atoms with Crippen LogP contribution in [0.15, 0.2) is 82.8 Å². The summed E-state index contributed by atoms with van der Waals surface area (Å²) in [6.07, 6.45) is 1.38. The number of benzene rings is 4. The van der Waals surface area contributed by atoms with Gasteiger partial charge in [-0.2, -0.15) is 0 Å². The third kappa shape index (κ3) is 7.79. The number of amides is 4. The highest BCUT2D eigenvalue weighted by Gasteiger charge is 2.37. The number of anilines is 1. The fourth-order valence-corrected chi connectivity index (χ4v) is 5.77. The van der Waals surface area contributed by atoms with Crippen LogP contribution in [0.5, 0.6) is 17.2 Å². The van der Waals surface area contributed by atoms with Crippen molar-refractivity contribution in [2.45, 2.75) is 20.1 Å². The maximum absolute atomic E-state index is 13.5. The summed E-state index contributed by atoms with van der Waals surface area (Å²) in [5.74, 6) is -0.381. The van der Waals surface area contributed by atoms with E-state index < -0.39 is 17.8 Å². The van der Waals surface area contributed by atoms with Gasteiger partial charge >= 0.3 is 6.03 Å². The molecule has 0 unspecified atom stereocenters. The van der Waals surface area contributed by atoms with Crippen LogP contribution in [0.4, 0.5) is 10.5 Å². The van der Waals surface area contributed by atoms with Gasteiger partial charge in [-0.1, -0.05) is 58.5 Å². The standard InChI is InChI=1S/C33H23BrCl4N2O6/c1-2-44-29-14-19(12-25(34)30(29)46-16-18-3-10-26(36)28(38)13-18)11-24-31(41)39-33(43)40(32(24)42)22-6-8-23(9-7-22)45-17-20-4-5-21(35)15-27(20)37/h3-15H,2,16-17H2,1H3,(H,39,41,43)/b24-11+. The van der Waals surface area contributed by atoms with Crippen molar-refractivity contribution < 1.29 is 28.6 Å². The summed E-state index contributed by atoms with van der Waals surface area (Å²) >= 11 is 27.8. The second-order valence-corrected chi connectivity index (χ2v) is 12.3. The van der Waals surface area contributed by atoms with E-state index in [4.69, 9.17) is 60.6 Å². The first kappa shape index (κ1) is 33.6. The van der Waals surface area contributed by atoms with E-state index in [-0.39, 0.29) is 24.5 Å².